The number of phosphoric ester groups is 1. The van der Waals surface area contributed by atoms with Gasteiger partial charge in [-0.3, -0.25) is 18.6 Å². The lowest BCUT2D eigenvalue weighted by molar-refractivity contribution is -0.161. The fourth-order valence-corrected chi connectivity index (χ4v) is 5.30. The summed E-state index contributed by atoms with van der Waals surface area (Å²) < 4.78 is 32.5. The zero-order valence-corrected chi connectivity index (χ0v) is 31.3. The summed E-state index contributed by atoms with van der Waals surface area (Å²) in [5, 5.41) is 18.2. The summed E-state index contributed by atoms with van der Waals surface area (Å²) in [6.07, 6.45) is 33.7. The number of aliphatic hydroxyl groups is 2. The lowest BCUT2D eigenvalue weighted by atomic mass is 10.1. The zero-order valence-electron chi connectivity index (χ0n) is 30.4. The molecule has 0 spiro atoms. The van der Waals surface area contributed by atoms with Crippen LogP contribution in [0.15, 0.2) is 48.6 Å². The van der Waals surface area contributed by atoms with Gasteiger partial charge in [0.05, 0.1) is 19.8 Å². The molecule has 0 saturated heterocycles. The molecule has 0 bridgehead atoms. The normalized spacial score (nSPS) is 14.6. The second-order valence-electron chi connectivity index (χ2n) is 12.2. The van der Waals surface area contributed by atoms with Gasteiger partial charge < -0.3 is 24.6 Å². The Morgan fingerprint density at radius 3 is 1.71 bits per heavy atom. The van der Waals surface area contributed by atoms with Crippen LogP contribution in [0.2, 0.25) is 0 Å². The Kier molecular flexibility index (Phi) is 32.9. The maximum atomic E-state index is 12.5. The number of hydrogen-bond donors (Lipinski definition) is 3. The maximum Gasteiger partial charge on any atom is 0.472 e. The molecule has 0 amide bonds. The van der Waals surface area contributed by atoms with E-state index in [0.717, 1.165) is 70.6 Å². The Morgan fingerprint density at radius 2 is 1.08 bits per heavy atom. The first-order valence-corrected chi connectivity index (χ1v) is 20.1. The van der Waals surface area contributed by atoms with Gasteiger partial charge in [-0.2, -0.15) is 0 Å². The highest BCUT2D eigenvalue weighted by Crippen LogP contribution is 2.43. The molecule has 0 aliphatic rings. The number of aliphatic hydroxyl groups excluding tert-OH is 2. The molecule has 49 heavy (non-hydrogen) atoms. The Balaban J connectivity index is 4.47. The van der Waals surface area contributed by atoms with Crippen molar-refractivity contribution < 1.29 is 47.8 Å². The van der Waals surface area contributed by atoms with Gasteiger partial charge in [0.15, 0.2) is 6.10 Å². The molecule has 0 aromatic heterocycles. The number of phosphoric acid groups is 1. The summed E-state index contributed by atoms with van der Waals surface area (Å²) in [6, 6.07) is 0. The lowest BCUT2D eigenvalue weighted by Gasteiger charge is -2.20. The Labute approximate surface area is 296 Å². The number of rotatable bonds is 34. The average Bonchev–Trinajstić information content (AvgIpc) is 3.09. The van der Waals surface area contributed by atoms with Crippen molar-refractivity contribution in [1.29, 1.82) is 0 Å². The van der Waals surface area contributed by atoms with Crippen LogP contribution in [0.4, 0.5) is 0 Å². The van der Waals surface area contributed by atoms with E-state index in [1.807, 2.05) is 0 Å². The summed E-state index contributed by atoms with van der Waals surface area (Å²) in [7, 11) is -4.62. The minimum Gasteiger partial charge on any atom is -0.462 e. The number of allylic oxidation sites excluding steroid dienone is 8. The van der Waals surface area contributed by atoms with Crippen LogP contribution in [-0.4, -0.2) is 65.7 Å². The minimum absolute atomic E-state index is 0.164. The number of carbonyl (C=O) groups is 2. The standard InChI is InChI=1S/C38H67O10P/c1-3-5-7-9-11-13-15-16-17-18-20-21-23-25-27-29-37(41)45-33-36(34-47-49(43,44)46-32-35(40)31-39)48-38(42)30-28-26-24-22-19-14-12-10-8-6-4-2/h10-13,16-17,20-21,35-36,39-40H,3-9,14-15,18-19,22-34H2,1-2H3,(H,43,44)/b12-10+,13-11+,17-16+,21-20+/t35-,36+/m0/s1. The highest BCUT2D eigenvalue weighted by atomic mass is 31.2. The van der Waals surface area contributed by atoms with E-state index in [-0.39, 0.29) is 19.4 Å². The summed E-state index contributed by atoms with van der Waals surface area (Å²) in [5.41, 5.74) is 0. The predicted octanol–water partition coefficient (Wildman–Crippen LogP) is 8.99. The van der Waals surface area contributed by atoms with Gasteiger partial charge in [0.1, 0.15) is 12.7 Å². The molecular formula is C38H67O10P. The summed E-state index contributed by atoms with van der Waals surface area (Å²) in [5.74, 6) is -0.987. The van der Waals surface area contributed by atoms with Gasteiger partial charge in [-0.05, 0) is 70.6 Å². The van der Waals surface area contributed by atoms with Gasteiger partial charge in [0, 0.05) is 12.8 Å². The molecule has 11 heteroatoms. The maximum absolute atomic E-state index is 12.5. The minimum atomic E-state index is -4.62. The van der Waals surface area contributed by atoms with Crippen LogP contribution in [0.3, 0.4) is 0 Å². The second-order valence-corrected chi connectivity index (χ2v) is 13.7. The molecule has 0 radical (unpaired) electrons. The number of carbonyl (C=O) groups excluding carboxylic acids is 2. The van der Waals surface area contributed by atoms with E-state index in [2.05, 4.69) is 67.0 Å². The molecule has 0 aromatic rings. The fraction of sp³-hybridized carbons (Fsp3) is 0.737. The van der Waals surface area contributed by atoms with E-state index in [9.17, 15) is 24.2 Å². The van der Waals surface area contributed by atoms with E-state index in [0.29, 0.717) is 12.8 Å². The SMILES string of the molecule is CCCC/C=C/CCCCCCCC(=O)O[C@H](COC(=O)CCCC/C=C/C/C=C/C/C=C/CCCCC)COP(=O)(O)OC[C@@H](O)CO. The molecule has 0 saturated carbocycles. The largest absolute Gasteiger partial charge is 0.472 e. The quantitative estimate of drug-likeness (QED) is 0.0255. The molecule has 3 N–H and O–H groups in total. The lowest BCUT2D eigenvalue weighted by Crippen LogP contribution is -2.29. The van der Waals surface area contributed by atoms with Crippen molar-refractivity contribution in [2.24, 2.45) is 0 Å². The third-order valence-electron chi connectivity index (χ3n) is 7.46. The molecular weight excluding hydrogens is 647 g/mol. The van der Waals surface area contributed by atoms with Gasteiger partial charge in [-0.25, -0.2) is 4.57 Å². The van der Waals surface area contributed by atoms with Crippen LogP contribution in [0.1, 0.15) is 142 Å². The first-order valence-electron chi connectivity index (χ1n) is 18.6. The first-order chi connectivity index (χ1) is 23.7. The smallest absolute Gasteiger partial charge is 0.462 e. The molecule has 1 unspecified atom stereocenters. The van der Waals surface area contributed by atoms with Crippen molar-refractivity contribution in [2.45, 2.75) is 154 Å². The van der Waals surface area contributed by atoms with Crippen LogP contribution in [0.25, 0.3) is 0 Å². The number of hydrogen-bond acceptors (Lipinski definition) is 9. The van der Waals surface area contributed by atoms with Gasteiger partial charge in [0.2, 0.25) is 0 Å². The van der Waals surface area contributed by atoms with Gasteiger partial charge in [-0.1, -0.05) is 107 Å². The topological polar surface area (TPSA) is 149 Å². The molecule has 0 fully saturated rings. The predicted molar refractivity (Wildman–Crippen MR) is 196 cm³/mol. The average molecular weight is 715 g/mol. The molecule has 3 atom stereocenters. The first kappa shape index (κ1) is 46.9. The van der Waals surface area contributed by atoms with E-state index in [4.69, 9.17) is 19.1 Å². The third-order valence-corrected chi connectivity index (χ3v) is 8.41. The summed E-state index contributed by atoms with van der Waals surface area (Å²) in [4.78, 5) is 34.7. The van der Waals surface area contributed by atoms with Crippen LogP contribution < -0.4 is 0 Å². The summed E-state index contributed by atoms with van der Waals surface area (Å²) >= 11 is 0. The van der Waals surface area contributed by atoms with Gasteiger partial charge in [-0.15, -0.1) is 0 Å². The van der Waals surface area contributed by atoms with Crippen LogP contribution in [0.5, 0.6) is 0 Å². The number of ether oxygens (including phenoxy) is 2. The van der Waals surface area contributed by atoms with Crippen molar-refractivity contribution in [3.05, 3.63) is 48.6 Å². The second kappa shape index (κ2) is 34.4. The number of unbranched alkanes of at least 4 members (excludes halogenated alkanes) is 12. The molecule has 10 nitrogen and oxygen atoms in total. The monoisotopic (exact) mass is 714 g/mol. The van der Waals surface area contributed by atoms with Gasteiger partial charge in [0.25, 0.3) is 0 Å². The van der Waals surface area contributed by atoms with Gasteiger partial charge >= 0.3 is 19.8 Å². The molecule has 0 heterocycles. The Hall–Kier alpha value is -2.07. The van der Waals surface area contributed by atoms with Crippen LogP contribution in [0, 0.1) is 0 Å². The van der Waals surface area contributed by atoms with E-state index >= 15 is 0 Å². The summed E-state index contributed by atoms with van der Waals surface area (Å²) in [6.45, 7) is 2.22. The highest BCUT2D eigenvalue weighted by Gasteiger charge is 2.27. The van der Waals surface area contributed by atoms with Crippen LogP contribution in [-0.2, 0) is 32.7 Å². The Morgan fingerprint density at radius 1 is 0.612 bits per heavy atom. The third kappa shape index (κ3) is 34.2. The Bertz CT molecular complexity index is 962. The molecule has 0 aliphatic carbocycles. The fourth-order valence-electron chi connectivity index (χ4n) is 4.51. The van der Waals surface area contributed by atoms with Crippen molar-refractivity contribution >= 4 is 19.8 Å². The van der Waals surface area contributed by atoms with Crippen molar-refractivity contribution in [3.63, 3.8) is 0 Å². The molecule has 284 valence electrons. The van der Waals surface area contributed by atoms with Crippen molar-refractivity contribution in [2.75, 3.05) is 26.4 Å². The van der Waals surface area contributed by atoms with E-state index in [1.54, 1.807) is 0 Å². The van der Waals surface area contributed by atoms with Crippen molar-refractivity contribution in [1.82, 2.24) is 0 Å². The van der Waals surface area contributed by atoms with E-state index in [1.165, 1.54) is 32.1 Å². The molecule has 0 aliphatic heterocycles. The van der Waals surface area contributed by atoms with Crippen molar-refractivity contribution in [3.8, 4) is 0 Å². The zero-order chi connectivity index (χ0) is 36.3. The highest BCUT2D eigenvalue weighted by molar-refractivity contribution is 7.47. The van der Waals surface area contributed by atoms with E-state index < -0.39 is 51.8 Å². The molecule has 0 aromatic carbocycles. The van der Waals surface area contributed by atoms with Crippen LogP contribution >= 0.6 is 7.82 Å². The molecule has 0 rings (SSSR count). The number of esters is 2.